The van der Waals surface area contributed by atoms with Crippen molar-refractivity contribution in [3.63, 3.8) is 0 Å². The number of para-hydroxylation sites is 1. The number of likely N-dealkylation sites (N-methyl/N-ethyl adjacent to an activating group) is 1. The standard InChI is InChI=1S/C16H16F3N3O3/c1-3-21(9-13(23)24)15(25)11-8-20-22(14(11)16(17,18)19)12-7-5-4-6-10(12)2/h4-8H,3,9H2,1-2H3,(H,23,24). The van der Waals surface area contributed by atoms with Crippen LogP contribution in [0.5, 0.6) is 0 Å². The molecule has 6 nitrogen and oxygen atoms in total. The molecule has 9 heteroatoms. The summed E-state index contributed by atoms with van der Waals surface area (Å²) in [4.78, 5) is 24.1. The van der Waals surface area contributed by atoms with Crippen molar-refractivity contribution in [3.8, 4) is 5.69 Å². The number of nitrogens with zero attached hydrogens (tertiary/aromatic N) is 3. The summed E-state index contributed by atoms with van der Waals surface area (Å²) in [7, 11) is 0. The average molecular weight is 355 g/mol. The van der Waals surface area contributed by atoms with E-state index in [2.05, 4.69) is 5.10 Å². The van der Waals surface area contributed by atoms with Gasteiger partial charge < -0.3 is 10.0 Å². The van der Waals surface area contributed by atoms with E-state index >= 15 is 0 Å². The maximum absolute atomic E-state index is 13.6. The van der Waals surface area contributed by atoms with Gasteiger partial charge in [-0.2, -0.15) is 18.3 Å². The van der Waals surface area contributed by atoms with Crippen molar-refractivity contribution in [3.05, 3.63) is 47.3 Å². The Bertz CT molecular complexity index is 799. The summed E-state index contributed by atoms with van der Waals surface area (Å²) in [5.74, 6) is -2.34. The molecule has 0 aliphatic rings. The smallest absolute Gasteiger partial charge is 0.434 e. The van der Waals surface area contributed by atoms with Gasteiger partial charge in [0.25, 0.3) is 5.91 Å². The number of aryl methyl sites for hydroxylation is 1. The number of hydrogen-bond acceptors (Lipinski definition) is 3. The zero-order valence-electron chi connectivity index (χ0n) is 13.5. The molecule has 1 amide bonds. The van der Waals surface area contributed by atoms with Crippen LogP contribution in [-0.2, 0) is 11.0 Å². The Morgan fingerprint density at radius 1 is 1.28 bits per heavy atom. The molecule has 0 saturated heterocycles. The topological polar surface area (TPSA) is 75.4 Å². The van der Waals surface area contributed by atoms with Gasteiger partial charge in [0, 0.05) is 6.54 Å². The van der Waals surface area contributed by atoms with Crippen molar-refractivity contribution in [2.24, 2.45) is 0 Å². The van der Waals surface area contributed by atoms with E-state index in [1.54, 1.807) is 25.1 Å². The lowest BCUT2D eigenvalue weighted by Crippen LogP contribution is -2.36. The second-order valence-electron chi connectivity index (χ2n) is 5.32. The Morgan fingerprint density at radius 2 is 1.92 bits per heavy atom. The number of hydrogen-bond donors (Lipinski definition) is 1. The van der Waals surface area contributed by atoms with Gasteiger partial charge in [0.05, 0.1) is 17.4 Å². The van der Waals surface area contributed by atoms with Gasteiger partial charge in [-0.25, -0.2) is 4.68 Å². The molecule has 25 heavy (non-hydrogen) atoms. The summed E-state index contributed by atoms with van der Waals surface area (Å²) in [5, 5.41) is 12.6. The number of aliphatic carboxylic acids is 1. The first-order valence-corrected chi connectivity index (χ1v) is 7.39. The van der Waals surface area contributed by atoms with E-state index in [1.807, 2.05) is 0 Å². The molecule has 0 saturated carbocycles. The Labute approximate surface area is 141 Å². The first kappa shape index (κ1) is 18.5. The van der Waals surface area contributed by atoms with E-state index < -0.39 is 35.9 Å². The second kappa shape index (κ2) is 6.96. The number of halogens is 3. The van der Waals surface area contributed by atoms with Crippen molar-refractivity contribution in [2.45, 2.75) is 20.0 Å². The molecular formula is C16H16F3N3O3. The number of benzene rings is 1. The molecule has 0 atom stereocenters. The molecule has 0 aliphatic heterocycles. The highest BCUT2D eigenvalue weighted by atomic mass is 19.4. The SMILES string of the molecule is CCN(CC(=O)O)C(=O)c1cnn(-c2ccccc2C)c1C(F)(F)F. The van der Waals surface area contributed by atoms with Gasteiger partial charge in [-0.15, -0.1) is 0 Å². The highest BCUT2D eigenvalue weighted by molar-refractivity contribution is 5.97. The molecule has 1 aromatic heterocycles. The van der Waals surface area contributed by atoms with Crippen LogP contribution >= 0.6 is 0 Å². The second-order valence-corrected chi connectivity index (χ2v) is 5.32. The van der Waals surface area contributed by atoms with E-state index in [4.69, 9.17) is 5.11 Å². The van der Waals surface area contributed by atoms with Crippen molar-refractivity contribution < 1.29 is 27.9 Å². The van der Waals surface area contributed by atoms with Crippen LogP contribution in [0.15, 0.2) is 30.5 Å². The number of carboxylic acids is 1. The number of carbonyl (C=O) groups excluding carboxylic acids is 1. The fraction of sp³-hybridized carbons (Fsp3) is 0.312. The van der Waals surface area contributed by atoms with E-state index in [1.165, 1.54) is 13.0 Å². The van der Waals surface area contributed by atoms with Crippen LogP contribution in [0.1, 0.15) is 28.5 Å². The quantitative estimate of drug-likeness (QED) is 0.895. The number of amides is 1. The highest BCUT2D eigenvalue weighted by Crippen LogP contribution is 2.34. The van der Waals surface area contributed by atoms with Gasteiger partial charge in [0.2, 0.25) is 0 Å². The summed E-state index contributed by atoms with van der Waals surface area (Å²) < 4.78 is 41.5. The number of rotatable bonds is 5. The number of carboxylic acid groups (broad SMARTS) is 1. The zero-order valence-corrected chi connectivity index (χ0v) is 13.5. The molecule has 0 fully saturated rings. The third-order valence-corrected chi connectivity index (χ3v) is 3.61. The third kappa shape index (κ3) is 3.81. The Morgan fingerprint density at radius 3 is 2.44 bits per heavy atom. The molecule has 1 aromatic carbocycles. The van der Waals surface area contributed by atoms with Gasteiger partial charge in [-0.1, -0.05) is 18.2 Å². The molecule has 134 valence electrons. The molecule has 0 bridgehead atoms. The summed E-state index contributed by atoms with van der Waals surface area (Å²) in [6, 6.07) is 6.32. The monoisotopic (exact) mass is 355 g/mol. The van der Waals surface area contributed by atoms with Crippen LogP contribution < -0.4 is 0 Å². The molecule has 1 N–H and O–H groups in total. The van der Waals surface area contributed by atoms with Crippen LogP contribution in [0.2, 0.25) is 0 Å². The zero-order chi connectivity index (χ0) is 18.8. The summed E-state index contributed by atoms with van der Waals surface area (Å²) in [6.07, 6.45) is -4.02. The lowest BCUT2D eigenvalue weighted by molar-refractivity contribution is -0.143. The van der Waals surface area contributed by atoms with Crippen LogP contribution in [0, 0.1) is 6.92 Å². The molecule has 0 unspecified atom stereocenters. The van der Waals surface area contributed by atoms with Crippen LogP contribution in [0.3, 0.4) is 0 Å². The Kier molecular flexibility index (Phi) is 5.15. The maximum atomic E-state index is 13.6. The fourth-order valence-corrected chi connectivity index (χ4v) is 2.42. The lowest BCUT2D eigenvalue weighted by atomic mass is 10.1. The van der Waals surface area contributed by atoms with Gasteiger partial charge in [0.1, 0.15) is 6.54 Å². The van der Waals surface area contributed by atoms with Gasteiger partial charge in [0.15, 0.2) is 5.69 Å². The van der Waals surface area contributed by atoms with Gasteiger partial charge in [-0.05, 0) is 25.5 Å². The van der Waals surface area contributed by atoms with Crippen LogP contribution in [0.25, 0.3) is 5.69 Å². The minimum absolute atomic E-state index is 0.0437. The summed E-state index contributed by atoms with van der Waals surface area (Å²) >= 11 is 0. The van der Waals surface area contributed by atoms with E-state index in [-0.39, 0.29) is 12.2 Å². The lowest BCUT2D eigenvalue weighted by Gasteiger charge is -2.19. The number of carbonyl (C=O) groups is 2. The maximum Gasteiger partial charge on any atom is 0.434 e. The van der Waals surface area contributed by atoms with Gasteiger partial charge in [-0.3, -0.25) is 9.59 Å². The average Bonchev–Trinajstić information content (AvgIpc) is 2.97. The van der Waals surface area contributed by atoms with E-state index in [0.717, 1.165) is 11.1 Å². The van der Waals surface area contributed by atoms with Crippen molar-refractivity contribution in [1.29, 1.82) is 0 Å². The number of aromatic nitrogens is 2. The first-order chi connectivity index (χ1) is 11.7. The molecule has 1 heterocycles. The molecule has 0 radical (unpaired) electrons. The first-order valence-electron chi connectivity index (χ1n) is 7.39. The van der Waals surface area contributed by atoms with Crippen LogP contribution in [-0.4, -0.2) is 44.8 Å². The Hall–Kier alpha value is -2.84. The van der Waals surface area contributed by atoms with Gasteiger partial charge >= 0.3 is 12.1 Å². The largest absolute Gasteiger partial charge is 0.480 e. The molecular weight excluding hydrogens is 339 g/mol. The van der Waals surface area contributed by atoms with Crippen molar-refractivity contribution >= 4 is 11.9 Å². The third-order valence-electron chi connectivity index (χ3n) is 3.61. The normalized spacial score (nSPS) is 11.4. The van der Waals surface area contributed by atoms with Crippen LogP contribution in [0.4, 0.5) is 13.2 Å². The summed E-state index contributed by atoms with van der Waals surface area (Å²) in [5.41, 5.74) is -1.17. The predicted molar refractivity (Wildman–Crippen MR) is 82.5 cm³/mol. The van der Waals surface area contributed by atoms with Crippen molar-refractivity contribution in [2.75, 3.05) is 13.1 Å². The van der Waals surface area contributed by atoms with E-state index in [9.17, 15) is 22.8 Å². The fourth-order valence-electron chi connectivity index (χ4n) is 2.42. The highest BCUT2D eigenvalue weighted by Gasteiger charge is 2.41. The summed E-state index contributed by atoms with van der Waals surface area (Å²) in [6.45, 7) is 2.38. The minimum Gasteiger partial charge on any atom is -0.480 e. The molecule has 0 spiro atoms. The Balaban J connectivity index is 2.59. The molecule has 2 aromatic rings. The molecule has 2 rings (SSSR count). The number of alkyl halides is 3. The molecule has 0 aliphatic carbocycles. The minimum atomic E-state index is -4.84. The van der Waals surface area contributed by atoms with E-state index in [0.29, 0.717) is 10.2 Å². The van der Waals surface area contributed by atoms with Crippen molar-refractivity contribution in [1.82, 2.24) is 14.7 Å². The predicted octanol–water partition coefficient (Wildman–Crippen LogP) is 2.75.